The maximum absolute atomic E-state index is 12.0. The van der Waals surface area contributed by atoms with Gasteiger partial charge in [0.05, 0.1) is 0 Å². The maximum Gasteiger partial charge on any atom is 0.389 e. The average molecular weight is 308 g/mol. The lowest BCUT2D eigenvalue weighted by Crippen LogP contribution is -2.30. The molecule has 112 valence electrons. The molecule has 2 atom stereocenters. The number of carboxylic acid groups (broad SMARTS) is 1. The Bertz CT molecular complexity index is 460. The molecule has 1 aromatic carbocycles. The zero-order chi connectivity index (χ0) is 15.2. The summed E-state index contributed by atoms with van der Waals surface area (Å²) < 4.78 is 47.8. The summed E-state index contributed by atoms with van der Waals surface area (Å²) in [6, 6.07) is 8.60. The molecule has 7 heteroatoms. The maximum atomic E-state index is 12.0. The van der Waals surface area contributed by atoms with Crippen molar-refractivity contribution in [2.45, 2.75) is 30.7 Å². The first-order valence-corrected chi connectivity index (χ1v) is 7.38. The lowest BCUT2D eigenvalue weighted by atomic mass is 10.1. The number of aliphatic carboxylic acids is 1. The van der Waals surface area contributed by atoms with Crippen LogP contribution in [-0.4, -0.2) is 32.5 Å². The first-order chi connectivity index (χ1) is 9.29. The highest BCUT2D eigenvalue weighted by atomic mass is 32.2. The van der Waals surface area contributed by atoms with Crippen molar-refractivity contribution in [1.29, 1.82) is 0 Å². The monoisotopic (exact) mass is 308 g/mol. The summed E-state index contributed by atoms with van der Waals surface area (Å²) >= 11 is 0. The number of benzene rings is 1. The van der Waals surface area contributed by atoms with Crippen LogP contribution in [0.25, 0.3) is 0 Å². The van der Waals surface area contributed by atoms with E-state index < -0.39 is 34.6 Å². The van der Waals surface area contributed by atoms with Crippen LogP contribution >= 0.6 is 0 Å². The highest BCUT2D eigenvalue weighted by molar-refractivity contribution is 7.86. The molecule has 0 spiro atoms. The van der Waals surface area contributed by atoms with Crippen LogP contribution in [0.5, 0.6) is 0 Å². The molecule has 2 unspecified atom stereocenters. The Hall–Kier alpha value is -1.37. The normalized spacial score (nSPS) is 14.8. The minimum absolute atomic E-state index is 0.0504. The van der Waals surface area contributed by atoms with Gasteiger partial charge in [0.1, 0.15) is 5.25 Å². The van der Waals surface area contributed by atoms with Gasteiger partial charge < -0.3 is 5.11 Å². The highest BCUT2D eigenvalue weighted by Gasteiger charge is 2.29. The van der Waals surface area contributed by atoms with E-state index in [0.29, 0.717) is 5.56 Å². The minimum atomic E-state index is -4.30. The van der Waals surface area contributed by atoms with Gasteiger partial charge in [-0.25, -0.2) is 0 Å². The van der Waals surface area contributed by atoms with Crippen LogP contribution < -0.4 is 0 Å². The van der Waals surface area contributed by atoms with Crippen molar-refractivity contribution < 1.29 is 27.3 Å². The summed E-state index contributed by atoms with van der Waals surface area (Å²) in [5, 5.41) is 7.87. The molecule has 0 aliphatic heterocycles. The number of rotatable bonds is 7. The van der Waals surface area contributed by atoms with E-state index in [1.165, 1.54) is 0 Å². The number of halogens is 3. The molecule has 0 radical (unpaired) electrons. The summed E-state index contributed by atoms with van der Waals surface area (Å²) in [4.78, 5) is 11.1. The molecule has 0 aromatic heterocycles. The summed E-state index contributed by atoms with van der Waals surface area (Å²) in [5.41, 5.74) is 0.698. The standard InChI is InChI=1S/C13H15F3O3S/c14-13(15,16)7-4-8-20(19)11(12(17)18)9-10-5-2-1-3-6-10/h1-3,5-6,11H,4,7-9H2,(H,17,18). The second kappa shape index (κ2) is 7.42. The van der Waals surface area contributed by atoms with E-state index in [0.717, 1.165) is 0 Å². The molecule has 1 aromatic rings. The number of hydrogen-bond donors (Lipinski definition) is 1. The van der Waals surface area contributed by atoms with Gasteiger partial charge in [-0.1, -0.05) is 30.3 Å². The molecular formula is C13H15F3O3S. The molecule has 1 rings (SSSR count). The predicted octanol–water partition coefficient (Wildman–Crippen LogP) is 2.77. The molecule has 0 saturated heterocycles. The van der Waals surface area contributed by atoms with Crippen LogP contribution in [0.3, 0.4) is 0 Å². The van der Waals surface area contributed by atoms with Gasteiger partial charge in [-0.15, -0.1) is 0 Å². The number of carboxylic acids is 1. The molecule has 0 bridgehead atoms. The van der Waals surface area contributed by atoms with Gasteiger partial charge in [-0.2, -0.15) is 13.2 Å². The minimum Gasteiger partial charge on any atom is -0.480 e. The lowest BCUT2D eigenvalue weighted by Gasteiger charge is -2.13. The van der Waals surface area contributed by atoms with E-state index >= 15 is 0 Å². The Labute approximate surface area is 117 Å². The molecular weight excluding hydrogens is 293 g/mol. The summed E-state index contributed by atoms with van der Waals surface area (Å²) in [5.74, 6) is -1.51. The van der Waals surface area contributed by atoms with E-state index in [1.54, 1.807) is 30.3 Å². The highest BCUT2D eigenvalue weighted by Crippen LogP contribution is 2.22. The van der Waals surface area contributed by atoms with Crippen LogP contribution in [0, 0.1) is 0 Å². The summed E-state index contributed by atoms with van der Waals surface area (Å²) in [6.45, 7) is 0. The third kappa shape index (κ3) is 6.18. The fraction of sp³-hybridized carbons (Fsp3) is 0.462. The van der Waals surface area contributed by atoms with Gasteiger partial charge in [-0.05, 0) is 18.4 Å². The Morgan fingerprint density at radius 3 is 2.35 bits per heavy atom. The van der Waals surface area contributed by atoms with Gasteiger partial charge >= 0.3 is 12.1 Å². The van der Waals surface area contributed by atoms with Gasteiger partial charge in [0.25, 0.3) is 0 Å². The first kappa shape index (κ1) is 16.7. The van der Waals surface area contributed by atoms with Crippen LogP contribution in [0.1, 0.15) is 18.4 Å². The van der Waals surface area contributed by atoms with Crippen molar-refractivity contribution in [1.82, 2.24) is 0 Å². The zero-order valence-corrected chi connectivity index (χ0v) is 11.4. The molecule has 0 aliphatic rings. The number of alkyl halides is 3. The van der Waals surface area contributed by atoms with Crippen LogP contribution in [0.15, 0.2) is 30.3 Å². The Morgan fingerprint density at radius 2 is 1.85 bits per heavy atom. The molecule has 0 aliphatic carbocycles. The lowest BCUT2D eigenvalue weighted by molar-refractivity contribution is -0.136. The van der Waals surface area contributed by atoms with Crippen LogP contribution in [0.2, 0.25) is 0 Å². The second-order valence-electron chi connectivity index (χ2n) is 4.32. The van der Waals surface area contributed by atoms with E-state index in [2.05, 4.69) is 0 Å². The molecule has 0 fully saturated rings. The van der Waals surface area contributed by atoms with E-state index in [1.807, 2.05) is 0 Å². The van der Waals surface area contributed by atoms with E-state index in [4.69, 9.17) is 5.11 Å². The smallest absolute Gasteiger partial charge is 0.389 e. The Morgan fingerprint density at radius 1 is 1.25 bits per heavy atom. The fourth-order valence-electron chi connectivity index (χ4n) is 1.68. The Balaban J connectivity index is 2.58. The van der Waals surface area contributed by atoms with Crippen molar-refractivity contribution in [2.75, 3.05) is 5.75 Å². The molecule has 0 heterocycles. The van der Waals surface area contributed by atoms with Crippen molar-refractivity contribution in [3.63, 3.8) is 0 Å². The van der Waals surface area contributed by atoms with E-state index in [9.17, 15) is 22.2 Å². The first-order valence-electron chi connectivity index (χ1n) is 6.00. The molecule has 0 saturated carbocycles. The van der Waals surface area contributed by atoms with Gasteiger partial charge in [-0.3, -0.25) is 9.00 Å². The summed E-state index contributed by atoms with van der Waals surface area (Å²) in [7, 11) is -1.82. The van der Waals surface area contributed by atoms with E-state index in [-0.39, 0.29) is 18.6 Å². The number of hydrogen-bond acceptors (Lipinski definition) is 2. The molecule has 20 heavy (non-hydrogen) atoms. The SMILES string of the molecule is O=C(O)C(Cc1ccccc1)S(=O)CCCC(F)(F)F. The Kier molecular flexibility index (Phi) is 6.19. The fourth-order valence-corrected chi connectivity index (χ4v) is 2.99. The molecule has 3 nitrogen and oxygen atoms in total. The predicted molar refractivity (Wildman–Crippen MR) is 69.9 cm³/mol. The van der Waals surface area contributed by atoms with Crippen molar-refractivity contribution in [3.05, 3.63) is 35.9 Å². The van der Waals surface area contributed by atoms with Crippen molar-refractivity contribution in [3.8, 4) is 0 Å². The van der Waals surface area contributed by atoms with Crippen LogP contribution in [-0.2, 0) is 22.0 Å². The largest absolute Gasteiger partial charge is 0.480 e. The van der Waals surface area contributed by atoms with Crippen molar-refractivity contribution in [2.24, 2.45) is 0 Å². The molecule has 1 N–H and O–H groups in total. The topological polar surface area (TPSA) is 54.4 Å². The van der Waals surface area contributed by atoms with Crippen LogP contribution in [0.4, 0.5) is 13.2 Å². The van der Waals surface area contributed by atoms with Gasteiger partial charge in [0.15, 0.2) is 0 Å². The average Bonchev–Trinajstić information content (AvgIpc) is 2.35. The van der Waals surface area contributed by atoms with Crippen molar-refractivity contribution >= 4 is 16.8 Å². The third-order valence-corrected chi connectivity index (χ3v) is 4.36. The quantitative estimate of drug-likeness (QED) is 0.842. The third-order valence-electron chi connectivity index (χ3n) is 2.66. The summed E-state index contributed by atoms with van der Waals surface area (Å²) in [6.07, 6.45) is -5.62. The molecule has 0 amide bonds. The second-order valence-corrected chi connectivity index (χ2v) is 6.06. The van der Waals surface area contributed by atoms with Gasteiger partial charge in [0.2, 0.25) is 0 Å². The van der Waals surface area contributed by atoms with Gasteiger partial charge in [0, 0.05) is 23.0 Å². The number of carbonyl (C=O) groups is 1. The zero-order valence-electron chi connectivity index (χ0n) is 10.6.